The largest absolute Gasteiger partial charge is 0.480 e. The van der Waals surface area contributed by atoms with E-state index in [1.807, 2.05) is 26.0 Å². The Morgan fingerprint density at radius 2 is 1.92 bits per heavy atom. The molecule has 12 nitrogen and oxygen atoms in total. The molecule has 3 rings (SSSR count). The number of nitrogens with one attached hydrogen (secondary N) is 3. The van der Waals surface area contributed by atoms with Crippen LogP contribution in [0.3, 0.4) is 0 Å². The van der Waals surface area contributed by atoms with Crippen molar-refractivity contribution in [3.8, 4) is 11.3 Å². The number of carbonyl (C=O) groups excluding carboxylic acids is 1. The minimum absolute atomic E-state index is 0.0557. The van der Waals surface area contributed by atoms with Gasteiger partial charge in [-0.05, 0) is 51.3 Å². The first-order chi connectivity index (χ1) is 17.2. The van der Waals surface area contributed by atoms with Crippen molar-refractivity contribution >= 4 is 34.6 Å². The lowest BCUT2D eigenvalue weighted by Gasteiger charge is -2.21. The van der Waals surface area contributed by atoms with E-state index in [0.29, 0.717) is 30.2 Å². The van der Waals surface area contributed by atoms with Gasteiger partial charge in [0.15, 0.2) is 0 Å². The molecule has 2 aromatic heterocycles. The van der Waals surface area contributed by atoms with Gasteiger partial charge >= 0.3 is 17.6 Å². The second-order valence-corrected chi connectivity index (χ2v) is 8.14. The zero-order valence-corrected chi connectivity index (χ0v) is 20.2. The number of hydrogen-bond acceptors (Lipinski definition) is 8. The zero-order chi connectivity index (χ0) is 26.2. The van der Waals surface area contributed by atoms with Crippen LogP contribution in [0.2, 0.25) is 0 Å². The molecule has 0 aliphatic rings. The van der Waals surface area contributed by atoms with Crippen LogP contribution in [0.4, 0.5) is 16.4 Å². The van der Waals surface area contributed by atoms with Crippen LogP contribution in [-0.4, -0.2) is 52.8 Å². The third-order valence-corrected chi connectivity index (χ3v) is 5.64. The van der Waals surface area contributed by atoms with Gasteiger partial charge in [-0.25, -0.2) is 14.6 Å². The van der Waals surface area contributed by atoms with Crippen molar-refractivity contribution < 1.29 is 19.1 Å². The van der Waals surface area contributed by atoms with Gasteiger partial charge < -0.3 is 25.5 Å². The van der Waals surface area contributed by atoms with Gasteiger partial charge in [-0.1, -0.05) is 0 Å². The van der Waals surface area contributed by atoms with Crippen molar-refractivity contribution in [1.29, 1.82) is 0 Å². The molecule has 0 bridgehead atoms. The molecule has 0 spiro atoms. The number of H-pyrrole nitrogens is 1. The Labute approximate surface area is 206 Å². The molecule has 0 aliphatic carbocycles. The van der Waals surface area contributed by atoms with E-state index in [1.165, 1.54) is 0 Å². The molecule has 0 saturated carbocycles. The number of hydrogen-bond donors (Lipinski definition) is 5. The van der Waals surface area contributed by atoms with Crippen LogP contribution >= 0.6 is 0 Å². The number of urea groups is 1. The van der Waals surface area contributed by atoms with Gasteiger partial charge in [0.1, 0.15) is 11.6 Å². The number of carbonyl (C=O) groups is 2. The first-order valence-electron chi connectivity index (χ1n) is 11.7. The summed E-state index contributed by atoms with van der Waals surface area (Å²) in [5.41, 5.74) is 5.70. The Bertz CT molecular complexity index is 1350. The third kappa shape index (κ3) is 6.69. The summed E-state index contributed by atoms with van der Waals surface area (Å²) in [4.78, 5) is 56.5. The molecule has 36 heavy (non-hydrogen) atoms. The van der Waals surface area contributed by atoms with Crippen LogP contribution in [0, 0.1) is 0 Å². The molecule has 2 heterocycles. The smallest absolute Gasteiger partial charge is 0.345 e. The molecule has 0 saturated heterocycles. The van der Waals surface area contributed by atoms with E-state index >= 15 is 0 Å². The van der Waals surface area contributed by atoms with Crippen molar-refractivity contribution in [3.63, 3.8) is 0 Å². The number of aromatic nitrogens is 2. The molecule has 0 aliphatic heterocycles. The van der Waals surface area contributed by atoms with E-state index in [0.717, 1.165) is 24.8 Å². The molecule has 1 aromatic carbocycles. The predicted molar refractivity (Wildman–Crippen MR) is 136 cm³/mol. The highest BCUT2D eigenvalue weighted by atomic mass is 16.4. The number of aromatic amines is 1. The molecule has 0 radical (unpaired) electrons. The van der Waals surface area contributed by atoms with E-state index in [9.17, 15) is 19.2 Å². The van der Waals surface area contributed by atoms with E-state index in [2.05, 4.69) is 25.5 Å². The summed E-state index contributed by atoms with van der Waals surface area (Å²) in [6.07, 6.45) is 1.33. The standard InChI is InChI=1S/C24H30N6O6/c1-3-30(4-2)15-9-8-14-11-16(22(34)36-19(14)12-15)18-13-20(31)28-23(27-18)29-24(35)26-10-6-5-7-17(25)21(32)33/h8-9,11-13,17H,3-7,10,25H2,1-2H3,(H,32,33)(H3,26,27,28,29,31,35). The quantitative estimate of drug-likeness (QED) is 0.195. The number of carboxylic acids is 1. The molecule has 6 N–H and O–H groups in total. The highest BCUT2D eigenvalue weighted by molar-refractivity contribution is 5.88. The van der Waals surface area contributed by atoms with E-state index in [4.69, 9.17) is 15.3 Å². The molecule has 12 heteroatoms. The van der Waals surface area contributed by atoms with E-state index < -0.39 is 29.2 Å². The van der Waals surface area contributed by atoms with Crippen LogP contribution in [0.1, 0.15) is 33.1 Å². The fourth-order valence-corrected chi connectivity index (χ4v) is 3.69. The number of benzene rings is 1. The summed E-state index contributed by atoms with van der Waals surface area (Å²) < 4.78 is 5.52. The molecular formula is C24H30N6O6. The molecule has 0 fully saturated rings. The lowest BCUT2D eigenvalue weighted by atomic mass is 10.1. The summed E-state index contributed by atoms with van der Waals surface area (Å²) in [6, 6.07) is 6.75. The fourth-order valence-electron chi connectivity index (χ4n) is 3.69. The SMILES string of the molecule is CCN(CC)c1ccc2cc(-c3cc(=O)[nH]c(NC(=O)NCCCCC(N)C(=O)O)n3)c(=O)oc2c1. The van der Waals surface area contributed by atoms with Crippen LogP contribution in [0.5, 0.6) is 0 Å². The lowest BCUT2D eigenvalue weighted by Crippen LogP contribution is -2.32. The highest BCUT2D eigenvalue weighted by Gasteiger charge is 2.14. The Morgan fingerprint density at radius 3 is 2.61 bits per heavy atom. The summed E-state index contributed by atoms with van der Waals surface area (Å²) in [7, 11) is 0. The Kier molecular flexibility index (Phi) is 8.79. The maximum Gasteiger partial charge on any atom is 0.345 e. The van der Waals surface area contributed by atoms with E-state index in [1.54, 1.807) is 12.1 Å². The number of nitrogens with zero attached hydrogens (tertiary/aromatic N) is 2. The van der Waals surface area contributed by atoms with Crippen molar-refractivity contribution in [2.45, 2.75) is 39.2 Å². The number of unbranched alkanes of at least 4 members (excludes halogenated alkanes) is 1. The van der Waals surface area contributed by atoms with Crippen molar-refractivity contribution in [3.05, 3.63) is 51.1 Å². The fraction of sp³-hybridized carbons (Fsp3) is 0.375. The monoisotopic (exact) mass is 498 g/mol. The lowest BCUT2D eigenvalue weighted by molar-refractivity contribution is -0.138. The first kappa shape index (κ1) is 26.4. The maximum atomic E-state index is 12.7. The molecule has 1 unspecified atom stereocenters. The number of anilines is 2. The van der Waals surface area contributed by atoms with Crippen molar-refractivity contribution in [2.24, 2.45) is 5.73 Å². The van der Waals surface area contributed by atoms with Gasteiger partial charge in [-0.2, -0.15) is 0 Å². The van der Waals surface area contributed by atoms with Crippen LogP contribution in [-0.2, 0) is 4.79 Å². The minimum Gasteiger partial charge on any atom is -0.480 e. The average Bonchev–Trinajstić information content (AvgIpc) is 2.83. The van der Waals surface area contributed by atoms with Gasteiger partial charge in [-0.15, -0.1) is 0 Å². The van der Waals surface area contributed by atoms with Crippen LogP contribution < -0.4 is 32.5 Å². The number of amides is 2. The normalized spacial score (nSPS) is 11.8. The number of nitrogens with two attached hydrogens (primary N) is 1. The molecule has 2 amide bonds. The minimum atomic E-state index is -1.07. The third-order valence-electron chi connectivity index (χ3n) is 5.64. The first-order valence-corrected chi connectivity index (χ1v) is 11.7. The van der Waals surface area contributed by atoms with Gasteiger partial charge in [0.2, 0.25) is 5.95 Å². The topological polar surface area (TPSA) is 184 Å². The molecule has 3 aromatic rings. The number of aliphatic carboxylic acids is 1. The zero-order valence-electron chi connectivity index (χ0n) is 20.2. The molecule has 1 atom stereocenters. The van der Waals surface area contributed by atoms with Gasteiger partial charge in [-0.3, -0.25) is 19.9 Å². The summed E-state index contributed by atoms with van der Waals surface area (Å²) in [5, 5.41) is 14.4. The second-order valence-electron chi connectivity index (χ2n) is 8.14. The van der Waals surface area contributed by atoms with Crippen molar-refractivity contribution in [1.82, 2.24) is 15.3 Å². The highest BCUT2D eigenvalue weighted by Crippen LogP contribution is 2.24. The Balaban J connectivity index is 1.72. The predicted octanol–water partition coefficient (Wildman–Crippen LogP) is 2.09. The maximum absolute atomic E-state index is 12.7. The molecular weight excluding hydrogens is 468 g/mol. The van der Waals surface area contributed by atoms with Gasteiger partial charge in [0, 0.05) is 42.8 Å². The van der Waals surface area contributed by atoms with Gasteiger partial charge in [0.25, 0.3) is 5.56 Å². The number of fused-ring (bicyclic) bond motifs is 1. The van der Waals surface area contributed by atoms with Crippen molar-refractivity contribution in [2.75, 3.05) is 29.9 Å². The second kappa shape index (κ2) is 12.0. The van der Waals surface area contributed by atoms with Crippen LogP contribution in [0.25, 0.3) is 22.2 Å². The number of rotatable bonds is 11. The summed E-state index contributed by atoms with van der Waals surface area (Å²) in [5.74, 6) is -1.21. The van der Waals surface area contributed by atoms with Gasteiger partial charge in [0.05, 0.1) is 11.3 Å². The Hall–Kier alpha value is -4.19. The summed E-state index contributed by atoms with van der Waals surface area (Å²) >= 11 is 0. The average molecular weight is 499 g/mol. The van der Waals surface area contributed by atoms with Crippen LogP contribution in [0.15, 0.2) is 44.3 Å². The number of carboxylic acid groups (broad SMARTS) is 1. The Morgan fingerprint density at radius 1 is 1.17 bits per heavy atom. The molecule has 192 valence electrons. The summed E-state index contributed by atoms with van der Waals surface area (Å²) in [6.45, 7) is 5.96. The van der Waals surface area contributed by atoms with E-state index in [-0.39, 0.29) is 23.8 Å².